The van der Waals surface area contributed by atoms with Crippen LogP contribution in [-0.4, -0.2) is 6.61 Å². The lowest BCUT2D eigenvalue weighted by Gasteiger charge is -2.04. The van der Waals surface area contributed by atoms with E-state index in [0.29, 0.717) is 6.90 Å². The van der Waals surface area contributed by atoms with Gasteiger partial charge in [-0.1, -0.05) is 35.7 Å². The second kappa shape index (κ2) is 6.03. The minimum Gasteiger partial charge on any atom is -0.494 e. The summed E-state index contributed by atoms with van der Waals surface area (Å²) in [6.07, 6.45) is 3.10. The van der Waals surface area contributed by atoms with Gasteiger partial charge in [0, 0.05) is 5.84 Å². The lowest BCUT2D eigenvalue weighted by Crippen LogP contribution is -1.96. The first-order valence-electron chi connectivity index (χ1n) is 5.21. The van der Waals surface area contributed by atoms with Gasteiger partial charge in [0.05, 0.1) is 6.61 Å². The Morgan fingerprint density at radius 1 is 1.31 bits per heavy atom. The highest BCUT2D eigenvalue weighted by atomic mass is 79.9. The van der Waals surface area contributed by atoms with Crippen LogP contribution in [0.15, 0.2) is 28.7 Å². The van der Waals surface area contributed by atoms with E-state index in [1.807, 2.05) is 24.3 Å². The topological polar surface area (TPSA) is 9.23 Å². The molecule has 0 aliphatic heterocycles. The highest BCUT2D eigenvalue weighted by Gasteiger charge is 1.92. The average molecular weight is 244 g/mol. The molecule has 0 heterocycles. The van der Waals surface area contributed by atoms with Crippen molar-refractivity contribution in [3.8, 4) is 5.75 Å². The maximum Gasteiger partial charge on any atom is 0.119 e. The van der Waals surface area contributed by atoms with Crippen molar-refractivity contribution in [1.29, 1.82) is 0 Å². The van der Waals surface area contributed by atoms with Crippen LogP contribution in [0.25, 0.3) is 0 Å². The minimum absolute atomic E-state index is 0.526. The molecule has 0 amide bonds. The van der Waals surface area contributed by atoms with Gasteiger partial charge in [0.25, 0.3) is 0 Å². The Balaban J connectivity index is 2.15. The Labute approximate surface area is 89.6 Å². The van der Waals surface area contributed by atoms with Gasteiger partial charge in [-0.25, -0.2) is 0 Å². The summed E-state index contributed by atoms with van der Waals surface area (Å²) < 4.78 is 13.6. The van der Waals surface area contributed by atoms with Gasteiger partial charge in [-0.15, -0.1) is 0 Å². The molecule has 1 rings (SSSR count). The summed E-state index contributed by atoms with van der Waals surface area (Å²) in [6, 6.07) is 7.85. The normalized spacial score (nSPS) is 11.0. The van der Waals surface area contributed by atoms with E-state index < -0.39 is 0 Å². The van der Waals surface area contributed by atoms with Crippen molar-refractivity contribution in [2.45, 2.75) is 26.2 Å². The van der Waals surface area contributed by atoms with Gasteiger partial charge in [0.1, 0.15) is 5.75 Å². The van der Waals surface area contributed by atoms with Crippen molar-refractivity contribution in [3.05, 3.63) is 28.7 Å². The van der Waals surface area contributed by atoms with E-state index >= 15 is 0 Å². The molecule has 0 bridgehead atoms. The van der Waals surface area contributed by atoms with E-state index in [1.165, 1.54) is 0 Å². The van der Waals surface area contributed by atoms with Crippen LogP contribution in [0.3, 0.4) is 0 Å². The maximum atomic E-state index is 6.98. The Bertz CT molecular complexity index is 248. The molecule has 0 spiro atoms. The molecule has 0 atom stereocenters. The van der Waals surface area contributed by atoms with E-state index in [2.05, 4.69) is 15.9 Å². The van der Waals surface area contributed by atoms with Crippen molar-refractivity contribution < 1.29 is 6.11 Å². The summed E-state index contributed by atoms with van der Waals surface area (Å²) in [5.41, 5.74) is 0. The lowest BCUT2D eigenvalue weighted by atomic mass is 10.3. The molecule has 0 aliphatic rings. The molecule has 0 aromatic heterocycles. The number of halogens is 1. The number of hydrogen-bond acceptors (Lipinski definition) is 1. The highest BCUT2D eigenvalue weighted by Crippen LogP contribution is 2.16. The van der Waals surface area contributed by atoms with E-state index in [9.17, 15) is 0 Å². The third kappa shape index (κ3) is 4.32. The number of rotatable bonds is 5. The van der Waals surface area contributed by atoms with Crippen LogP contribution in [0.1, 0.15) is 27.5 Å². The molecular formula is C11H15BrO. The van der Waals surface area contributed by atoms with Crippen molar-refractivity contribution in [3.63, 3.8) is 0 Å². The lowest BCUT2D eigenvalue weighted by molar-refractivity contribution is 0.306. The van der Waals surface area contributed by atoms with Crippen LogP contribution in [0.2, 0.25) is 0 Å². The van der Waals surface area contributed by atoms with Gasteiger partial charge in [-0.2, -0.15) is 0 Å². The molecule has 0 N–H and O–H groups in total. The van der Waals surface area contributed by atoms with Crippen LogP contribution in [0, 0.1) is 0 Å². The fraction of sp³-hybridized carbons (Fsp3) is 0.455. The van der Waals surface area contributed by atoms with E-state index in [0.717, 1.165) is 36.1 Å². The average Bonchev–Trinajstić information content (AvgIpc) is 2.21. The van der Waals surface area contributed by atoms with Crippen molar-refractivity contribution in [2.24, 2.45) is 0 Å². The quantitative estimate of drug-likeness (QED) is 0.711. The zero-order chi connectivity index (χ0) is 10.2. The maximum absolute atomic E-state index is 6.98. The third-order valence-corrected chi connectivity index (χ3v) is 2.26. The summed E-state index contributed by atoms with van der Waals surface area (Å²) in [5, 5.41) is 0. The predicted octanol–water partition coefficient (Wildman–Crippen LogP) is 4.02. The number of unbranched alkanes of at least 4 members (excludes halogenated alkanes) is 2. The fourth-order valence-electron chi connectivity index (χ4n) is 1.000. The SMILES string of the molecule is [2H]CCCCCOc1ccc(Br)cc1. The van der Waals surface area contributed by atoms with Crippen LogP contribution >= 0.6 is 15.9 Å². The molecule has 0 fully saturated rings. The fourth-order valence-corrected chi connectivity index (χ4v) is 1.26. The smallest absolute Gasteiger partial charge is 0.119 e. The summed E-state index contributed by atoms with van der Waals surface area (Å²) in [5.74, 6) is 0.916. The summed E-state index contributed by atoms with van der Waals surface area (Å²) >= 11 is 3.37. The molecule has 0 radical (unpaired) electrons. The van der Waals surface area contributed by atoms with Gasteiger partial charge in [-0.3, -0.25) is 0 Å². The van der Waals surface area contributed by atoms with E-state index in [1.54, 1.807) is 0 Å². The third-order valence-electron chi connectivity index (χ3n) is 1.73. The molecule has 0 saturated carbocycles. The Hall–Kier alpha value is -0.500. The second-order valence-corrected chi connectivity index (χ2v) is 3.78. The highest BCUT2D eigenvalue weighted by molar-refractivity contribution is 9.10. The van der Waals surface area contributed by atoms with Gasteiger partial charge in [0.15, 0.2) is 0 Å². The first kappa shape index (κ1) is 9.07. The van der Waals surface area contributed by atoms with Crippen LogP contribution < -0.4 is 4.74 Å². The molecule has 13 heavy (non-hydrogen) atoms. The minimum atomic E-state index is 0.526. The monoisotopic (exact) mass is 243 g/mol. The standard InChI is InChI=1S/C11H15BrO/c1-2-3-4-9-13-11-7-5-10(12)6-8-11/h5-8H,2-4,9H2,1H3/i1D. The largest absolute Gasteiger partial charge is 0.494 e. The van der Waals surface area contributed by atoms with Crippen molar-refractivity contribution in [1.82, 2.24) is 0 Å². The summed E-state index contributed by atoms with van der Waals surface area (Å²) in [6.45, 7) is 1.28. The molecule has 1 aromatic carbocycles. The first-order valence-corrected chi connectivity index (χ1v) is 5.30. The van der Waals surface area contributed by atoms with E-state index in [4.69, 9.17) is 6.11 Å². The van der Waals surface area contributed by atoms with Gasteiger partial charge >= 0.3 is 0 Å². The zero-order valence-electron chi connectivity index (χ0n) is 8.63. The Kier molecular flexibility index (Phi) is 4.21. The molecule has 0 saturated heterocycles. The van der Waals surface area contributed by atoms with Crippen LogP contribution in [0.4, 0.5) is 0 Å². The molecule has 2 heteroatoms. The van der Waals surface area contributed by atoms with Crippen LogP contribution in [-0.2, 0) is 0 Å². The van der Waals surface area contributed by atoms with Gasteiger partial charge in [0.2, 0.25) is 0 Å². The molecule has 0 unspecified atom stereocenters. The summed E-state index contributed by atoms with van der Waals surface area (Å²) in [7, 11) is 0. The Morgan fingerprint density at radius 2 is 2.08 bits per heavy atom. The molecule has 1 aromatic rings. The van der Waals surface area contributed by atoms with Crippen molar-refractivity contribution in [2.75, 3.05) is 6.61 Å². The Morgan fingerprint density at radius 3 is 2.77 bits per heavy atom. The first-order chi connectivity index (χ1) is 6.83. The predicted molar refractivity (Wildman–Crippen MR) is 59.2 cm³/mol. The number of benzene rings is 1. The second-order valence-electron chi connectivity index (χ2n) is 2.86. The van der Waals surface area contributed by atoms with E-state index in [-0.39, 0.29) is 0 Å². The van der Waals surface area contributed by atoms with Gasteiger partial charge < -0.3 is 4.74 Å². The molecule has 1 nitrogen and oxygen atoms in total. The van der Waals surface area contributed by atoms with Crippen molar-refractivity contribution >= 4 is 15.9 Å². The molecule has 0 aliphatic carbocycles. The summed E-state index contributed by atoms with van der Waals surface area (Å²) in [4.78, 5) is 0. The number of hydrogen-bond donors (Lipinski definition) is 0. The molecular weight excluding hydrogens is 228 g/mol. The van der Waals surface area contributed by atoms with Gasteiger partial charge in [-0.05, 0) is 30.7 Å². The zero-order valence-corrected chi connectivity index (χ0v) is 9.22. The molecule has 72 valence electrons. The number of ether oxygens (including phenoxy) is 1. The van der Waals surface area contributed by atoms with Crippen LogP contribution in [0.5, 0.6) is 5.75 Å².